The van der Waals surface area contributed by atoms with Gasteiger partial charge in [-0.1, -0.05) is 48.3 Å². The fraction of sp³-hybridized carbons (Fsp3) is 0.435. The Morgan fingerprint density at radius 1 is 1.07 bits per heavy atom. The largest absolute Gasteiger partial charge is 0.508 e. The quantitative estimate of drug-likeness (QED) is 0.457. The van der Waals surface area contributed by atoms with Gasteiger partial charge in [0, 0.05) is 10.9 Å². The van der Waals surface area contributed by atoms with Crippen LogP contribution in [-0.2, 0) is 0 Å². The first-order valence-corrected chi connectivity index (χ1v) is 11.2. The molecule has 3 rings (SSSR count). The molecule has 2 aromatic rings. The minimum atomic E-state index is -0.554. The molecule has 4 heteroatoms. The highest BCUT2D eigenvalue weighted by Gasteiger charge is 2.28. The van der Waals surface area contributed by atoms with E-state index in [-0.39, 0.29) is 17.6 Å². The van der Waals surface area contributed by atoms with E-state index in [0.29, 0.717) is 11.6 Å². The molecule has 2 aromatic carbocycles. The number of halogens is 1. The monoisotopic (exact) mass is 387 g/mol. The van der Waals surface area contributed by atoms with Gasteiger partial charge in [-0.2, -0.15) is 0 Å². The maximum Gasteiger partial charge on any atom is 0.147 e. The zero-order valence-electron chi connectivity index (χ0n) is 16.3. The normalized spacial score (nSPS) is 17.9. The van der Waals surface area contributed by atoms with Crippen molar-refractivity contribution in [3.63, 3.8) is 0 Å². The molecule has 1 unspecified atom stereocenters. The molecule has 0 heterocycles. The number of phenols is 1. The van der Waals surface area contributed by atoms with Crippen molar-refractivity contribution in [2.24, 2.45) is 5.92 Å². The molecule has 27 heavy (non-hydrogen) atoms. The van der Waals surface area contributed by atoms with Crippen LogP contribution in [0.15, 0.2) is 47.4 Å². The number of aromatic hydroxyl groups is 1. The van der Waals surface area contributed by atoms with Crippen LogP contribution in [0, 0.1) is 18.7 Å². The van der Waals surface area contributed by atoms with Gasteiger partial charge in [-0.05, 0) is 74.6 Å². The number of nitrogens with zero attached hydrogens (tertiary/aromatic N) is 1. The van der Waals surface area contributed by atoms with Crippen molar-refractivity contribution >= 4 is 22.2 Å². The minimum absolute atomic E-state index is 0.194. The highest BCUT2D eigenvalue weighted by atomic mass is 32.2. The number of aryl methyl sites for hydroxylation is 1. The van der Waals surface area contributed by atoms with E-state index in [9.17, 15) is 9.50 Å². The maximum absolute atomic E-state index is 14.9. The fourth-order valence-corrected chi connectivity index (χ4v) is 5.66. The molecule has 0 bridgehead atoms. The van der Waals surface area contributed by atoms with E-state index in [1.165, 1.54) is 38.5 Å². The molecule has 1 aliphatic rings. The second-order valence-corrected chi connectivity index (χ2v) is 9.23. The first kappa shape index (κ1) is 19.9. The van der Waals surface area contributed by atoms with Crippen LogP contribution in [0.25, 0.3) is 0 Å². The van der Waals surface area contributed by atoms with Crippen molar-refractivity contribution in [2.45, 2.75) is 63.3 Å². The van der Waals surface area contributed by atoms with Gasteiger partial charge in [0.2, 0.25) is 0 Å². The predicted octanol–water partition coefficient (Wildman–Crippen LogP) is 6.68. The molecular weight excluding hydrogens is 357 g/mol. The number of hydrogen-bond donors (Lipinski definition) is 1. The van der Waals surface area contributed by atoms with Gasteiger partial charge in [0.1, 0.15) is 11.6 Å². The summed E-state index contributed by atoms with van der Waals surface area (Å²) in [4.78, 5) is 1.01. The summed E-state index contributed by atoms with van der Waals surface area (Å²) in [7, 11) is -0.554. The third-order valence-corrected chi connectivity index (χ3v) is 7.46. The average Bonchev–Trinajstić information content (AvgIpc) is 2.94. The highest BCUT2D eigenvalue weighted by Crippen LogP contribution is 2.41. The van der Waals surface area contributed by atoms with Crippen molar-refractivity contribution in [2.75, 3.05) is 4.31 Å². The SMILES string of the molecule is C=S(c1ccc(O)cc1)N(c1cc(C)ccc1F)[C@@H](C)C1CCCCCC1. The molecule has 0 aromatic heterocycles. The van der Waals surface area contributed by atoms with Crippen molar-refractivity contribution in [1.29, 1.82) is 0 Å². The van der Waals surface area contributed by atoms with Crippen LogP contribution in [0.5, 0.6) is 5.75 Å². The third-order valence-electron chi connectivity index (χ3n) is 5.64. The lowest BCUT2D eigenvalue weighted by atomic mass is 9.92. The Bertz CT molecular complexity index is 781. The van der Waals surface area contributed by atoms with Gasteiger partial charge < -0.3 is 9.41 Å². The van der Waals surface area contributed by atoms with Gasteiger partial charge in [-0.15, -0.1) is 0 Å². The zero-order chi connectivity index (χ0) is 19.4. The maximum atomic E-state index is 14.9. The predicted molar refractivity (Wildman–Crippen MR) is 115 cm³/mol. The van der Waals surface area contributed by atoms with Gasteiger partial charge in [0.15, 0.2) is 0 Å². The highest BCUT2D eigenvalue weighted by molar-refractivity contribution is 8.15. The molecule has 0 radical (unpaired) electrons. The summed E-state index contributed by atoms with van der Waals surface area (Å²) in [5.41, 5.74) is 1.69. The van der Waals surface area contributed by atoms with E-state index in [1.807, 2.05) is 31.2 Å². The Morgan fingerprint density at radius 3 is 2.33 bits per heavy atom. The second kappa shape index (κ2) is 8.92. The van der Waals surface area contributed by atoms with Crippen LogP contribution in [-0.4, -0.2) is 17.0 Å². The van der Waals surface area contributed by atoms with Crippen LogP contribution in [0.1, 0.15) is 51.0 Å². The molecule has 0 spiro atoms. The number of anilines is 1. The Hall–Kier alpha value is -1.81. The van der Waals surface area contributed by atoms with Crippen LogP contribution in [0.3, 0.4) is 0 Å². The topological polar surface area (TPSA) is 23.5 Å². The van der Waals surface area contributed by atoms with E-state index in [0.717, 1.165) is 10.5 Å². The first-order valence-electron chi connectivity index (χ1n) is 9.86. The van der Waals surface area contributed by atoms with E-state index < -0.39 is 10.7 Å². The standard InChI is InChI=1S/C23H30FNOS/c1-17-10-15-22(24)23(16-17)25(18(2)19-8-6-4-5-7-9-19)27(3)21-13-11-20(26)12-14-21/h10-16,18-19,26H,3-9H2,1-2H3/t18-,27?/m0/s1. The Kier molecular flexibility index (Phi) is 6.59. The smallest absolute Gasteiger partial charge is 0.147 e. The molecule has 1 saturated carbocycles. The number of rotatable bonds is 5. The third kappa shape index (κ3) is 4.73. The summed E-state index contributed by atoms with van der Waals surface area (Å²) in [5, 5.41) is 9.63. The van der Waals surface area contributed by atoms with Crippen molar-refractivity contribution in [3.05, 3.63) is 53.8 Å². The molecule has 0 amide bonds. The number of benzene rings is 2. The molecule has 0 saturated heterocycles. The van der Waals surface area contributed by atoms with Crippen LogP contribution in [0.4, 0.5) is 10.1 Å². The van der Waals surface area contributed by atoms with Gasteiger partial charge in [0.25, 0.3) is 0 Å². The van der Waals surface area contributed by atoms with Crippen LogP contribution in [0.2, 0.25) is 0 Å². The first-order chi connectivity index (χ1) is 13.0. The van der Waals surface area contributed by atoms with Gasteiger partial charge in [0.05, 0.1) is 5.69 Å². The molecule has 1 aliphatic carbocycles. The summed E-state index contributed by atoms with van der Waals surface area (Å²) >= 11 is 0. The molecule has 0 aliphatic heterocycles. The van der Waals surface area contributed by atoms with Crippen molar-refractivity contribution < 1.29 is 9.50 Å². The molecule has 2 nitrogen and oxygen atoms in total. The van der Waals surface area contributed by atoms with E-state index >= 15 is 0 Å². The number of hydrogen-bond acceptors (Lipinski definition) is 2. The summed E-state index contributed by atoms with van der Waals surface area (Å²) < 4.78 is 17.0. The van der Waals surface area contributed by atoms with E-state index in [4.69, 9.17) is 0 Å². The number of phenolic OH excluding ortho intramolecular Hbond substituents is 1. The van der Waals surface area contributed by atoms with Crippen LogP contribution < -0.4 is 4.31 Å². The zero-order valence-corrected chi connectivity index (χ0v) is 17.1. The summed E-state index contributed by atoms with van der Waals surface area (Å²) in [6.07, 6.45) is 7.49. The lowest BCUT2D eigenvalue weighted by Gasteiger charge is -2.38. The second-order valence-electron chi connectivity index (χ2n) is 7.63. The van der Waals surface area contributed by atoms with Crippen LogP contribution >= 0.6 is 10.7 Å². The summed E-state index contributed by atoms with van der Waals surface area (Å²) in [6.45, 7) is 4.22. The van der Waals surface area contributed by atoms with Crippen molar-refractivity contribution in [3.8, 4) is 5.75 Å². The Labute approximate surface area is 165 Å². The molecule has 1 fully saturated rings. The van der Waals surface area contributed by atoms with E-state index in [2.05, 4.69) is 17.1 Å². The average molecular weight is 388 g/mol. The molecule has 146 valence electrons. The minimum Gasteiger partial charge on any atom is -0.508 e. The lowest BCUT2D eigenvalue weighted by Crippen LogP contribution is -2.35. The molecular formula is C23H30FNOS. The Balaban J connectivity index is 2.01. The lowest BCUT2D eigenvalue weighted by molar-refractivity contribution is 0.396. The van der Waals surface area contributed by atoms with Gasteiger partial charge in [-0.3, -0.25) is 0 Å². The van der Waals surface area contributed by atoms with Crippen molar-refractivity contribution in [1.82, 2.24) is 0 Å². The van der Waals surface area contributed by atoms with Gasteiger partial charge in [-0.25, -0.2) is 4.39 Å². The fourth-order valence-electron chi connectivity index (χ4n) is 4.03. The van der Waals surface area contributed by atoms with Gasteiger partial charge >= 0.3 is 0 Å². The summed E-state index contributed by atoms with van der Waals surface area (Å²) in [5.74, 6) is 5.02. The molecule has 2 atom stereocenters. The molecule has 1 N–H and O–H groups in total. The Morgan fingerprint density at radius 2 is 1.70 bits per heavy atom. The van der Waals surface area contributed by atoms with E-state index in [1.54, 1.807) is 18.2 Å². The summed E-state index contributed by atoms with van der Waals surface area (Å²) in [6, 6.07) is 12.7.